The minimum absolute atomic E-state index is 0.177. The van der Waals surface area contributed by atoms with E-state index in [2.05, 4.69) is 10.2 Å². The van der Waals surface area contributed by atoms with Crippen molar-refractivity contribution in [2.24, 2.45) is 0 Å². The van der Waals surface area contributed by atoms with E-state index in [-0.39, 0.29) is 22.8 Å². The summed E-state index contributed by atoms with van der Waals surface area (Å²) in [6.45, 7) is 2.43. The molecule has 0 spiro atoms. The summed E-state index contributed by atoms with van der Waals surface area (Å²) in [5.41, 5.74) is 2.26. The molecule has 31 heavy (non-hydrogen) atoms. The molecule has 4 aromatic rings. The maximum atomic E-state index is 14.3. The number of amides is 1. The van der Waals surface area contributed by atoms with Gasteiger partial charge in [0.15, 0.2) is 0 Å². The summed E-state index contributed by atoms with van der Waals surface area (Å²) in [5, 5.41) is 7.97. The Balaban J connectivity index is 1.65. The van der Waals surface area contributed by atoms with Crippen LogP contribution in [0.25, 0.3) is 22.0 Å². The summed E-state index contributed by atoms with van der Waals surface area (Å²) in [5.74, 6) is -1.37. The summed E-state index contributed by atoms with van der Waals surface area (Å²) in [7, 11) is 1.70. The number of nitrogens with zero attached hydrogens (tertiary/aromatic N) is 2. The zero-order valence-corrected chi connectivity index (χ0v) is 17.2. The quantitative estimate of drug-likeness (QED) is 0.467. The molecule has 0 aliphatic carbocycles. The number of benzene rings is 3. The van der Waals surface area contributed by atoms with Gasteiger partial charge in [-0.15, -0.1) is 0 Å². The van der Waals surface area contributed by atoms with E-state index < -0.39 is 11.6 Å². The van der Waals surface area contributed by atoms with Crippen LogP contribution in [0.3, 0.4) is 0 Å². The van der Waals surface area contributed by atoms with Crippen LogP contribution in [0.4, 0.5) is 8.78 Å². The molecule has 1 N–H and O–H groups in total. The van der Waals surface area contributed by atoms with E-state index in [0.717, 1.165) is 16.5 Å². The third-order valence-electron chi connectivity index (χ3n) is 5.08. The van der Waals surface area contributed by atoms with E-state index in [9.17, 15) is 13.6 Å². The van der Waals surface area contributed by atoms with Crippen LogP contribution < -0.4 is 4.74 Å². The highest BCUT2D eigenvalue weighted by molar-refractivity contribution is 5.96. The first kappa shape index (κ1) is 20.5. The van der Waals surface area contributed by atoms with Gasteiger partial charge in [-0.25, -0.2) is 8.78 Å². The Morgan fingerprint density at radius 2 is 1.84 bits per heavy atom. The molecular weight excluding hydrogens is 400 g/mol. The minimum atomic E-state index is -0.690. The van der Waals surface area contributed by atoms with E-state index >= 15 is 0 Å². The largest absolute Gasteiger partial charge is 0.493 e. The Morgan fingerprint density at radius 1 is 1.10 bits per heavy atom. The Morgan fingerprint density at radius 3 is 2.58 bits per heavy atom. The summed E-state index contributed by atoms with van der Waals surface area (Å²) in [6.07, 6.45) is 1.73. The van der Waals surface area contributed by atoms with Gasteiger partial charge in [-0.05, 0) is 42.8 Å². The summed E-state index contributed by atoms with van der Waals surface area (Å²) >= 11 is 0. The molecule has 0 bridgehead atoms. The van der Waals surface area contributed by atoms with Crippen LogP contribution in [-0.4, -0.2) is 34.7 Å². The van der Waals surface area contributed by atoms with Crippen molar-refractivity contribution >= 4 is 16.8 Å². The van der Waals surface area contributed by atoms with Crippen LogP contribution in [-0.2, 0) is 6.54 Å². The maximum absolute atomic E-state index is 14.3. The van der Waals surface area contributed by atoms with Gasteiger partial charge in [0, 0.05) is 30.1 Å². The monoisotopic (exact) mass is 421 g/mol. The predicted octanol–water partition coefficient (Wildman–Crippen LogP) is 5.18. The molecule has 5 nitrogen and oxygen atoms in total. The summed E-state index contributed by atoms with van der Waals surface area (Å²) in [6, 6.07) is 14.1. The zero-order chi connectivity index (χ0) is 22.0. The van der Waals surface area contributed by atoms with Crippen LogP contribution in [0.1, 0.15) is 22.8 Å². The molecule has 1 amide bonds. The SMILES string of the molecule is CCOc1cc(C(=O)N(C)Cc2cccc3cn[nH]c23)ccc1-c1c(F)cccc1F. The van der Waals surface area contributed by atoms with Crippen molar-refractivity contribution in [2.45, 2.75) is 13.5 Å². The molecule has 7 heteroatoms. The smallest absolute Gasteiger partial charge is 0.254 e. The standard InChI is InChI=1S/C24H21F2N3O2/c1-3-31-21-12-15(10-11-18(21)22-19(25)8-5-9-20(22)26)24(30)29(2)14-17-7-4-6-16-13-27-28-23(16)17/h4-13H,3,14H2,1-2H3,(H,27,28). The molecule has 0 radical (unpaired) electrons. The fraction of sp³-hybridized carbons (Fsp3) is 0.167. The highest BCUT2D eigenvalue weighted by Gasteiger charge is 2.20. The number of ether oxygens (including phenoxy) is 1. The summed E-state index contributed by atoms with van der Waals surface area (Å²) < 4.78 is 34.2. The highest BCUT2D eigenvalue weighted by Crippen LogP contribution is 2.35. The average Bonchev–Trinajstić information content (AvgIpc) is 3.24. The average molecular weight is 421 g/mol. The van der Waals surface area contributed by atoms with Crippen molar-refractivity contribution in [3.05, 3.63) is 83.6 Å². The molecule has 0 fully saturated rings. The van der Waals surface area contributed by atoms with Crippen molar-refractivity contribution in [3.63, 3.8) is 0 Å². The lowest BCUT2D eigenvalue weighted by atomic mass is 10.0. The second-order valence-corrected chi connectivity index (χ2v) is 7.15. The number of hydrogen-bond acceptors (Lipinski definition) is 3. The van der Waals surface area contributed by atoms with Crippen LogP contribution in [0.15, 0.2) is 60.8 Å². The molecule has 0 atom stereocenters. The van der Waals surface area contributed by atoms with Gasteiger partial charge < -0.3 is 9.64 Å². The van der Waals surface area contributed by atoms with Crippen LogP contribution >= 0.6 is 0 Å². The number of carbonyl (C=O) groups excluding carboxylic acids is 1. The molecule has 3 aromatic carbocycles. The molecule has 0 aliphatic heterocycles. The third-order valence-corrected chi connectivity index (χ3v) is 5.08. The number of aromatic amines is 1. The Kier molecular flexibility index (Phi) is 5.66. The lowest BCUT2D eigenvalue weighted by molar-refractivity contribution is 0.0785. The normalized spacial score (nSPS) is 11.0. The first-order valence-electron chi connectivity index (χ1n) is 9.87. The topological polar surface area (TPSA) is 58.2 Å². The third kappa shape index (κ3) is 3.99. The Bertz CT molecular complexity index is 1230. The molecule has 158 valence electrons. The molecule has 0 saturated carbocycles. The van der Waals surface area contributed by atoms with E-state index in [0.29, 0.717) is 18.7 Å². The number of halogens is 2. The van der Waals surface area contributed by atoms with Gasteiger partial charge in [-0.3, -0.25) is 9.89 Å². The molecule has 0 unspecified atom stereocenters. The van der Waals surface area contributed by atoms with Gasteiger partial charge >= 0.3 is 0 Å². The first-order valence-corrected chi connectivity index (χ1v) is 9.87. The van der Waals surface area contributed by atoms with Crippen molar-refractivity contribution < 1.29 is 18.3 Å². The van der Waals surface area contributed by atoms with E-state index in [4.69, 9.17) is 4.74 Å². The predicted molar refractivity (Wildman–Crippen MR) is 115 cm³/mol. The molecule has 1 heterocycles. The molecular formula is C24H21F2N3O2. The molecule has 0 saturated heterocycles. The minimum Gasteiger partial charge on any atom is -0.493 e. The number of H-pyrrole nitrogens is 1. The molecule has 4 rings (SSSR count). The first-order chi connectivity index (χ1) is 15.0. The zero-order valence-electron chi connectivity index (χ0n) is 17.2. The number of carbonyl (C=O) groups is 1. The number of hydrogen-bond donors (Lipinski definition) is 1. The Hall–Kier alpha value is -3.74. The van der Waals surface area contributed by atoms with E-state index in [1.165, 1.54) is 30.3 Å². The fourth-order valence-corrected chi connectivity index (χ4v) is 3.60. The molecule has 0 aliphatic rings. The van der Waals surface area contributed by atoms with E-state index in [1.54, 1.807) is 31.1 Å². The van der Waals surface area contributed by atoms with Gasteiger partial charge in [-0.1, -0.05) is 24.3 Å². The van der Waals surface area contributed by atoms with Crippen LogP contribution in [0.5, 0.6) is 5.75 Å². The Labute approximate surface area is 178 Å². The van der Waals surface area contributed by atoms with Crippen molar-refractivity contribution in [1.82, 2.24) is 15.1 Å². The number of fused-ring (bicyclic) bond motifs is 1. The lowest BCUT2D eigenvalue weighted by Gasteiger charge is -2.19. The second-order valence-electron chi connectivity index (χ2n) is 7.15. The van der Waals surface area contributed by atoms with Crippen molar-refractivity contribution in [1.29, 1.82) is 0 Å². The highest BCUT2D eigenvalue weighted by atomic mass is 19.1. The van der Waals surface area contributed by atoms with Crippen molar-refractivity contribution in [2.75, 3.05) is 13.7 Å². The number of para-hydroxylation sites is 1. The second kappa shape index (κ2) is 8.55. The summed E-state index contributed by atoms with van der Waals surface area (Å²) in [4.78, 5) is 14.6. The van der Waals surface area contributed by atoms with Gasteiger partial charge in [-0.2, -0.15) is 5.10 Å². The van der Waals surface area contributed by atoms with Gasteiger partial charge in [0.05, 0.1) is 23.9 Å². The fourth-order valence-electron chi connectivity index (χ4n) is 3.60. The van der Waals surface area contributed by atoms with Crippen molar-refractivity contribution in [3.8, 4) is 16.9 Å². The number of nitrogens with one attached hydrogen (secondary N) is 1. The van der Waals surface area contributed by atoms with Crippen LogP contribution in [0.2, 0.25) is 0 Å². The van der Waals surface area contributed by atoms with Gasteiger partial charge in [0.1, 0.15) is 17.4 Å². The van der Waals surface area contributed by atoms with Crippen LogP contribution in [0, 0.1) is 11.6 Å². The molecule has 1 aromatic heterocycles. The van der Waals surface area contributed by atoms with E-state index in [1.807, 2.05) is 18.2 Å². The number of aromatic nitrogens is 2. The maximum Gasteiger partial charge on any atom is 0.254 e. The number of rotatable bonds is 6. The lowest BCUT2D eigenvalue weighted by Crippen LogP contribution is -2.26. The van der Waals surface area contributed by atoms with Gasteiger partial charge in [0.25, 0.3) is 5.91 Å². The van der Waals surface area contributed by atoms with Gasteiger partial charge in [0.2, 0.25) is 0 Å².